The molecule has 1 saturated heterocycles. The number of carboxylic acid groups (broad SMARTS) is 1. The van der Waals surface area contributed by atoms with Crippen molar-refractivity contribution >= 4 is 5.97 Å². The second-order valence-electron chi connectivity index (χ2n) is 5.00. The number of hydrogen-bond acceptors (Lipinski definition) is 1. The molecule has 0 spiro atoms. The van der Waals surface area contributed by atoms with Gasteiger partial charge in [-0.15, -0.1) is 0 Å². The quantitative estimate of drug-likeness (QED) is 0.599. The number of carbonyl (C=O) groups is 1. The van der Waals surface area contributed by atoms with Gasteiger partial charge < -0.3 is 14.1 Å². The molecule has 0 unspecified atom stereocenters. The summed E-state index contributed by atoms with van der Waals surface area (Å²) in [5.74, 6) is -0.685. The third-order valence-electron chi connectivity index (χ3n) is 3.01. The number of aliphatic carboxylic acids is 1. The van der Waals surface area contributed by atoms with E-state index in [4.69, 9.17) is 5.11 Å². The van der Waals surface area contributed by atoms with Crippen LogP contribution in [0.5, 0.6) is 0 Å². The number of piperazine rings is 1. The van der Waals surface area contributed by atoms with Crippen molar-refractivity contribution in [1.29, 1.82) is 0 Å². The van der Waals surface area contributed by atoms with E-state index in [2.05, 4.69) is 14.1 Å². The molecule has 1 N–H and O–H groups in total. The van der Waals surface area contributed by atoms with Gasteiger partial charge in [0.25, 0.3) is 0 Å². The fourth-order valence-electron chi connectivity index (χ4n) is 1.73. The highest BCUT2D eigenvalue weighted by molar-refractivity contribution is 5.67. The zero-order chi connectivity index (χ0) is 10.1. The number of carboxylic acids is 1. The van der Waals surface area contributed by atoms with Gasteiger partial charge in [0, 0.05) is 0 Å². The van der Waals surface area contributed by atoms with Crippen LogP contribution in [-0.4, -0.2) is 73.9 Å². The van der Waals surface area contributed by atoms with Gasteiger partial charge in [-0.1, -0.05) is 0 Å². The molecule has 13 heavy (non-hydrogen) atoms. The van der Waals surface area contributed by atoms with Crippen LogP contribution in [0.4, 0.5) is 0 Å². The van der Waals surface area contributed by atoms with E-state index in [1.807, 2.05) is 7.05 Å². The number of likely N-dealkylation sites (N-methyl/N-ethyl adjacent to an activating group) is 2. The molecule has 0 atom stereocenters. The average Bonchev–Trinajstić information content (AvgIpc) is 1.95. The first-order valence-electron chi connectivity index (χ1n) is 4.70. The van der Waals surface area contributed by atoms with E-state index in [1.54, 1.807) is 0 Å². The summed E-state index contributed by atoms with van der Waals surface area (Å²) in [6.45, 7) is 4.35. The van der Waals surface area contributed by atoms with Crippen LogP contribution in [0.25, 0.3) is 0 Å². The Morgan fingerprint density at radius 2 is 1.62 bits per heavy atom. The van der Waals surface area contributed by atoms with Crippen LogP contribution >= 0.6 is 0 Å². The van der Waals surface area contributed by atoms with Gasteiger partial charge in [0.05, 0.1) is 21.1 Å². The first-order chi connectivity index (χ1) is 5.83. The lowest BCUT2D eigenvalue weighted by atomic mass is 10.2. The monoisotopic (exact) mass is 188 g/mol. The van der Waals surface area contributed by atoms with Crippen LogP contribution < -0.4 is 0 Å². The maximum absolute atomic E-state index is 10.6. The maximum atomic E-state index is 10.6. The predicted octanol–water partition coefficient (Wildman–Crippen LogP) is -0.392. The molecular formula is C9H20N2O2+2. The molecule has 1 heterocycles. The highest BCUT2D eigenvalue weighted by Crippen LogP contribution is 2.12. The van der Waals surface area contributed by atoms with Crippen LogP contribution in [0.1, 0.15) is 0 Å². The number of hydrogen-bond donors (Lipinski definition) is 1. The van der Waals surface area contributed by atoms with E-state index in [9.17, 15) is 4.79 Å². The van der Waals surface area contributed by atoms with Crippen LogP contribution in [-0.2, 0) is 4.79 Å². The molecule has 0 aromatic heterocycles. The van der Waals surface area contributed by atoms with Crippen LogP contribution in [0.15, 0.2) is 0 Å². The maximum Gasteiger partial charge on any atom is 0.359 e. The first kappa shape index (κ1) is 10.5. The molecule has 0 aromatic carbocycles. The molecule has 1 fully saturated rings. The predicted molar refractivity (Wildman–Crippen MR) is 50.3 cm³/mol. The molecule has 1 rings (SSSR count). The molecule has 0 aliphatic carbocycles. The highest BCUT2D eigenvalue weighted by Gasteiger charge is 2.35. The molecule has 1 aliphatic rings. The largest absolute Gasteiger partial charge is 0.477 e. The van der Waals surface area contributed by atoms with Crippen molar-refractivity contribution in [3.63, 3.8) is 0 Å². The Kier molecular flexibility index (Phi) is 2.63. The van der Waals surface area contributed by atoms with Crippen molar-refractivity contribution in [1.82, 2.24) is 0 Å². The summed E-state index contributed by atoms with van der Waals surface area (Å²) in [5, 5.41) is 8.74. The molecule has 76 valence electrons. The Balaban J connectivity index is 2.51. The summed E-state index contributed by atoms with van der Waals surface area (Å²) < 4.78 is 1.71. The van der Waals surface area contributed by atoms with Crippen LogP contribution in [0.2, 0.25) is 0 Å². The topological polar surface area (TPSA) is 37.3 Å². The molecule has 0 aromatic rings. The van der Waals surface area contributed by atoms with E-state index >= 15 is 0 Å². The van der Waals surface area contributed by atoms with Crippen molar-refractivity contribution in [3.05, 3.63) is 0 Å². The van der Waals surface area contributed by atoms with Gasteiger partial charge in [0.2, 0.25) is 0 Å². The van der Waals surface area contributed by atoms with Crippen molar-refractivity contribution in [3.8, 4) is 0 Å². The summed E-state index contributed by atoms with van der Waals surface area (Å²) >= 11 is 0. The van der Waals surface area contributed by atoms with Gasteiger partial charge in [-0.2, -0.15) is 0 Å². The minimum Gasteiger partial charge on any atom is -0.477 e. The van der Waals surface area contributed by atoms with Gasteiger partial charge in [-0.3, -0.25) is 0 Å². The second kappa shape index (κ2) is 3.27. The Morgan fingerprint density at radius 1 is 1.15 bits per heavy atom. The van der Waals surface area contributed by atoms with Crippen molar-refractivity contribution in [2.24, 2.45) is 0 Å². The van der Waals surface area contributed by atoms with E-state index in [-0.39, 0.29) is 6.54 Å². The first-order valence-corrected chi connectivity index (χ1v) is 4.70. The zero-order valence-corrected chi connectivity index (χ0v) is 8.79. The molecule has 0 saturated carbocycles. The normalized spacial score (nSPS) is 25.5. The Hall–Kier alpha value is -0.610. The minimum atomic E-state index is -0.685. The lowest BCUT2D eigenvalue weighted by Gasteiger charge is -2.43. The summed E-state index contributed by atoms with van der Waals surface area (Å²) in [7, 11) is 6.43. The molecule has 0 bridgehead atoms. The summed E-state index contributed by atoms with van der Waals surface area (Å²) in [6.07, 6.45) is 0. The minimum absolute atomic E-state index is 0.264. The van der Waals surface area contributed by atoms with E-state index in [1.165, 1.54) is 0 Å². The van der Waals surface area contributed by atoms with Gasteiger partial charge in [0.15, 0.2) is 6.54 Å². The van der Waals surface area contributed by atoms with E-state index < -0.39 is 5.97 Å². The van der Waals surface area contributed by atoms with Crippen molar-refractivity contribution in [2.45, 2.75) is 0 Å². The fourth-order valence-corrected chi connectivity index (χ4v) is 1.73. The SMILES string of the molecule is C[N+]1(C)CC[N+](C)(CC(=O)O)CC1. The zero-order valence-electron chi connectivity index (χ0n) is 8.79. The number of rotatable bonds is 2. The summed E-state index contributed by atoms with van der Waals surface area (Å²) in [6, 6.07) is 0. The van der Waals surface area contributed by atoms with Gasteiger partial charge >= 0.3 is 5.97 Å². The fraction of sp³-hybridized carbons (Fsp3) is 0.889. The Labute approximate surface area is 79.5 Å². The van der Waals surface area contributed by atoms with E-state index in [0.29, 0.717) is 4.48 Å². The second-order valence-corrected chi connectivity index (χ2v) is 5.00. The highest BCUT2D eigenvalue weighted by atomic mass is 16.4. The van der Waals surface area contributed by atoms with Gasteiger partial charge in [-0.25, -0.2) is 4.79 Å². The molecular weight excluding hydrogens is 168 g/mol. The van der Waals surface area contributed by atoms with Gasteiger partial charge in [-0.05, 0) is 0 Å². The lowest BCUT2D eigenvalue weighted by Crippen LogP contribution is -2.63. The van der Waals surface area contributed by atoms with Crippen molar-refractivity contribution < 1.29 is 18.9 Å². The molecule has 4 heteroatoms. The Bertz CT molecular complexity index is 204. The number of quaternary nitrogens is 2. The van der Waals surface area contributed by atoms with Crippen molar-refractivity contribution in [2.75, 3.05) is 53.9 Å². The lowest BCUT2D eigenvalue weighted by molar-refractivity contribution is -1.00. The number of nitrogens with zero attached hydrogens (tertiary/aromatic N) is 2. The molecule has 4 nitrogen and oxygen atoms in total. The molecule has 0 amide bonds. The Morgan fingerprint density at radius 3 is 2.00 bits per heavy atom. The molecule has 1 aliphatic heterocycles. The smallest absolute Gasteiger partial charge is 0.359 e. The van der Waals surface area contributed by atoms with E-state index in [0.717, 1.165) is 30.7 Å². The standard InChI is InChI=1S/C9H19N2O2/c1-10(2)4-6-11(3,7-5-10)8-9(12)13/h4-8H2,1-3H3/q+1/p+1. The van der Waals surface area contributed by atoms with Crippen LogP contribution in [0.3, 0.4) is 0 Å². The average molecular weight is 188 g/mol. The molecule has 0 radical (unpaired) electrons. The van der Waals surface area contributed by atoms with Gasteiger partial charge in [0.1, 0.15) is 26.2 Å². The summed E-state index contributed by atoms with van der Waals surface area (Å²) in [5.41, 5.74) is 0. The summed E-state index contributed by atoms with van der Waals surface area (Å²) in [4.78, 5) is 10.6. The third kappa shape index (κ3) is 2.97. The third-order valence-corrected chi connectivity index (χ3v) is 3.01. The van der Waals surface area contributed by atoms with Crippen LogP contribution in [0, 0.1) is 0 Å².